The van der Waals surface area contributed by atoms with E-state index in [0.717, 1.165) is 11.5 Å². The second-order valence-electron chi connectivity index (χ2n) is 3.89. The van der Waals surface area contributed by atoms with Crippen LogP contribution in [0.2, 0.25) is 0 Å². The highest BCUT2D eigenvalue weighted by Gasteiger charge is 2.05. The number of pyridine rings is 1. The highest BCUT2D eigenvalue weighted by molar-refractivity contribution is 5.79. The van der Waals surface area contributed by atoms with E-state index < -0.39 is 0 Å². The van der Waals surface area contributed by atoms with Crippen LogP contribution >= 0.6 is 0 Å². The third-order valence-corrected chi connectivity index (χ3v) is 2.62. The SMILES string of the molecule is CN=C(NCCOC)NCc1nnc2ccccn12. The lowest BCUT2D eigenvalue weighted by Gasteiger charge is -2.10. The summed E-state index contributed by atoms with van der Waals surface area (Å²) >= 11 is 0. The summed E-state index contributed by atoms with van der Waals surface area (Å²) in [4.78, 5) is 4.12. The van der Waals surface area contributed by atoms with E-state index in [1.165, 1.54) is 0 Å². The van der Waals surface area contributed by atoms with Gasteiger partial charge in [0.2, 0.25) is 0 Å². The van der Waals surface area contributed by atoms with Crippen LogP contribution in [0.1, 0.15) is 5.82 Å². The molecule has 0 aliphatic rings. The van der Waals surface area contributed by atoms with Gasteiger partial charge >= 0.3 is 0 Å². The van der Waals surface area contributed by atoms with Crippen LogP contribution in [0.15, 0.2) is 29.4 Å². The van der Waals surface area contributed by atoms with Gasteiger partial charge in [0.25, 0.3) is 0 Å². The van der Waals surface area contributed by atoms with Gasteiger partial charge in [0, 0.05) is 26.9 Å². The number of fused-ring (bicyclic) bond motifs is 1. The lowest BCUT2D eigenvalue weighted by Crippen LogP contribution is -2.38. The molecule has 2 aromatic heterocycles. The molecular weight excluding hydrogens is 244 g/mol. The van der Waals surface area contributed by atoms with Gasteiger partial charge in [-0.25, -0.2) is 0 Å². The van der Waals surface area contributed by atoms with E-state index in [4.69, 9.17) is 4.74 Å². The Balaban J connectivity index is 1.94. The Morgan fingerprint density at radius 3 is 3.05 bits per heavy atom. The fraction of sp³-hybridized carbons (Fsp3) is 0.417. The summed E-state index contributed by atoms with van der Waals surface area (Å²) in [7, 11) is 3.39. The third-order valence-electron chi connectivity index (χ3n) is 2.62. The average Bonchev–Trinajstić information content (AvgIpc) is 2.86. The van der Waals surface area contributed by atoms with Crippen LogP contribution in [0.4, 0.5) is 0 Å². The topological polar surface area (TPSA) is 75.8 Å². The minimum absolute atomic E-state index is 0.553. The maximum Gasteiger partial charge on any atom is 0.191 e. The van der Waals surface area contributed by atoms with Crippen LogP contribution in [0.3, 0.4) is 0 Å². The van der Waals surface area contributed by atoms with Crippen LogP contribution in [-0.2, 0) is 11.3 Å². The van der Waals surface area contributed by atoms with Crippen molar-refractivity contribution in [1.82, 2.24) is 25.2 Å². The molecule has 7 heteroatoms. The first kappa shape index (κ1) is 13.3. The van der Waals surface area contributed by atoms with E-state index in [0.29, 0.717) is 25.7 Å². The molecule has 0 spiro atoms. The number of hydrogen-bond donors (Lipinski definition) is 2. The minimum Gasteiger partial charge on any atom is -0.383 e. The van der Waals surface area contributed by atoms with Gasteiger partial charge in [-0.05, 0) is 12.1 Å². The molecule has 0 saturated carbocycles. The maximum atomic E-state index is 4.97. The summed E-state index contributed by atoms with van der Waals surface area (Å²) in [6, 6.07) is 5.81. The molecule has 0 atom stereocenters. The molecule has 0 radical (unpaired) electrons. The number of nitrogens with zero attached hydrogens (tertiary/aromatic N) is 4. The van der Waals surface area contributed by atoms with E-state index in [-0.39, 0.29) is 0 Å². The lowest BCUT2D eigenvalue weighted by atomic mass is 10.4. The molecule has 19 heavy (non-hydrogen) atoms. The second kappa shape index (κ2) is 6.69. The molecule has 0 bridgehead atoms. The monoisotopic (exact) mass is 262 g/mol. The van der Waals surface area contributed by atoms with Gasteiger partial charge in [-0.1, -0.05) is 6.07 Å². The first-order valence-corrected chi connectivity index (χ1v) is 6.07. The summed E-state index contributed by atoms with van der Waals surface area (Å²) in [6.45, 7) is 1.89. The summed E-state index contributed by atoms with van der Waals surface area (Å²) in [6.07, 6.45) is 1.94. The van der Waals surface area contributed by atoms with E-state index >= 15 is 0 Å². The Labute approximate surface area is 111 Å². The number of methoxy groups -OCH3 is 1. The number of hydrogen-bond acceptors (Lipinski definition) is 4. The fourth-order valence-corrected chi connectivity index (χ4v) is 1.67. The molecule has 2 N–H and O–H groups in total. The first-order chi connectivity index (χ1) is 9.35. The molecule has 0 aromatic carbocycles. The van der Waals surface area contributed by atoms with Gasteiger partial charge in [0.05, 0.1) is 13.2 Å². The molecule has 7 nitrogen and oxygen atoms in total. The molecule has 0 aliphatic carbocycles. The molecule has 2 heterocycles. The maximum absolute atomic E-state index is 4.97. The van der Waals surface area contributed by atoms with Crippen LogP contribution in [0.25, 0.3) is 5.65 Å². The number of ether oxygens (including phenoxy) is 1. The van der Waals surface area contributed by atoms with Crippen molar-refractivity contribution < 1.29 is 4.74 Å². The Hall–Kier alpha value is -2.15. The van der Waals surface area contributed by atoms with Gasteiger partial charge < -0.3 is 15.4 Å². The first-order valence-electron chi connectivity index (χ1n) is 6.07. The van der Waals surface area contributed by atoms with Crippen molar-refractivity contribution in [2.75, 3.05) is 27.3 Å². The van der Waals surface area contributed by atoms with Crippen LogP contribution in [0, 0.1) is 0 Å². The fourth-order valence-electron chi connectivity index (χ4n) is 1.67. The highest BCUT2D eigenvalue weighted by atomic mass is 16.5. The second-order valence-corrected chi connectivity index (χ2v) is 3.89. The van der Waals surface area contributed by atoms with Crippen molar-refractivity contribution in [1.29, 1.82) is 0 Å². The number of aromatic nitrogens is 3. The highest BCUT2D eigenvalue weighted by Crippen LogP contribution is 2.01. The van der Waals surface area contributed by atoms with Crippen molar-refractivity contribution in [3.63, 3.8) is 0 Å². The zero-order valence-corrected chi connectivity index (χ0v) is 11.1. The van der Waals surface area contributed by atoms with Crippen molar-refractivity contribution in [3.05, 3.63) is 30.2 Å². The number of guanidine groups is 1. The van der Waals surface area contributed by atoms with Crippen LogP contribution in [-0.4, -0.2) is 47.9 Å². The minimum atomic E-state index is 0.553. The Morgan fingerprint density at radius 1 is 1.37 bits per heavy atom. The molecule has 102 valence electrons. The zero-order valence-electron chi connectivity index (χ0n) is 11.1. The smallest absolute Gasteiger partial charge is 0.191 e. The van der Waals surface area contributed by atoms with Crippen molar-refractivity contribution in [2.24, 2.45) is 4.99 Å². The van der Waals surface area contributed by atoms with E-state index in [1.807, 2.05) is 28.8 Å². The average molecular weight is 262 g/mol. The van der Waals surface area contributed by atoms with Crippen molar-refractivity contribution >= 4 is 11.6 Å². The normalized spacial score (nSPS) is 11.8. The number of aliphatic imine (C=N–C) groups is 1. The van der Waals surface area contributed by atoms with Gasteiger partial charge in [-0.15, -0.1) is 10.2 Å². The molecule has 0 fully saturated rings. The van der Waals surface area contributed by atoms with E-state index in [9.17, 15) is 0 Å². The standard InChI is InChI=1S/C12H18N6O/c1-13-12(14-6-8-19-2)15-9-11-17-16-10-5-3-4-7-18(10)11/h3-5,7H,6,8-9H2,1-2H3,(H2,13,14,15). The third kappa shape index (κ3) is 3.41. The molecule has 0 aliphatic heterocycles. The molecular formula is C12H18N6O. The van der Waals surface area contributed by atoms with E-state index in [1.54, 1.807) is 14.2 Å². The molecule has 2 aromatic rings. The molecule has 0 unspecified atom stereocenters. The Morgan fingerprint density at radius 2 is 2.26 bits per heavy atom. The lowest BCUT2D eigenvalue weighted by molar-refractivity contribution is 0.203. The van der Waals surface area contributed by atoms with E-state index in [2.05, 4.69) is 25.8 Å². The summed E-state index contributed by atoms with van der Waals surface area (Å²) < 4.78 is 6.91. The molecule has 2 rings (SSSR count). The molecule has 0 amide bonds. The Bertz CT molecular complexity index is 550. The van der Waals surface area contributed by atoms with Crippen molar-refractivity contribution in [2.45, 2.75) is 6.54 Å². The quantitative estimate of drug-likeness (QED) is 0.452. The van der Waals surface area contributed by atoms with Crippen LogP contribution < -0.4 is 10.6 Å². The largest absolute Gasteiger partial charge is 0.383 e. The van der Waals surface area contributed by atoms with Gasteiger partial charge in [0.15, 0.2) is 17.4 Å². The van der Waals surface area contributed by atoms with Gasteiger partial charge in [0.1, 0.15) is 0 Å². The summed E-state index contributed by atoms with van der Waals surface area (Å²) in [5, 5.41) is 14.6. The zero-order chi connectivity index (χ0) is 13.5. The molecule has 0 saturated heterocycles. The number of nitrogens with one attached hydrogen (secondary N) is 2. The Kier molecular flexibility index (Phi) is 4.68. The summed E-state index contributed by atoms with van der Waals surface area (Å²) in [5.41, 5.74) is 0.835. The van der Waals surface area contributed by atoms with Crippen LogP contribution in [0.5, 0.6) is 0 Å². The number of rotatable bonds is 5. The predicted octanol–water partition coefficient (Wildman–Crippen LogP) is 0.0407. The van der Waals surface area contributed by atoms with Gasteiger partial charge in [-0.2, -0.15) is 0 Å². The summed E-state index contributed by atoms with van der Waals surface area (Å²) in [5.74, 6) is 1.55. The van der Waals surface area contributed by atoms with Gasteiger partial charge in [-0.3, -0.25) is 9.39 Å². The van der Waals surface area contributed by atoms with Crippen molar-refractivity contribution in [3.8, 4) is 0 Å². The predicted molar refractivity (Wildman–Crippen MR) is 73.1 cm³/mol.